The van der Waals surface area contributed by atoms with Gasteiger partial charge in [-0.1, -0.05) is 6.92 Å². The first-order chi connectivity index (χ1) is 3.68. The van der Waals surface area contributed by atoms with E-state index in [4.69, 9.17) is 16.7 Å². The quantitative estimate of drug-likeness (QED) is 0.625. The molecule has 1 N–H and O–H groups in total. The summed E-state index contributed by atoms with van der Waals surface area (Å²) in [6, 6.07) is 0. The lowest BCUT2D eigenvalue weighted by molar-refractivity contribution is 0.211. The van der Waals surface area contributed by atoms with Crippen LogP contribution in [0.25, 0.3) is 0 Å². The SMILES string of the molecule is CCSC(Cl)C(C)O. The molecule has 0 aromatic carbocycles. The lowest BCUT2D eigenvalue weighted by Gasteiger charge is -2.08. The molecule has 50 valence electrons. The molecule has 2 atom stereocenters. The van der Waals surface area contributed by atoms with Gasteiger partial charge in [-0.3, -0.25) is 0 Å². The van der Waals surface area contributed by atoms with Crippen molar-refractivity contribution < 1.29 is 5.11 Å². The maximum Gasteiger partial charge on any atom is 0.104 e. The summed E-state index contributed by atoms with van der Waals surface area (Å²) >= 11 is 7.18. The predicted octanol–water partition coefficient (Wildman–Crippen LogP) is 1.69. The Balaban J connectivity index is 3.17. The highest BCUT2D eigenvalue weighted by Gasteiger charge is 2.08. The molecular formula is C5H11ClOS. The fraction of sp³-hybridized carbons (Fsp3) is 1.00. The molecular weight excluding hydrogens is 144 g/mol. The zero-order chi connectivity index (χ0) is 6.57. The second-order valence-electron chi connectivity index (χ2n) is 1.55. The van der Waals surface area contributed by atoms with Gasteiger partial charge in [0.2, 0.25) is 0 Å². The Kier molecular flexibility index (Phi) is 4.81. The van der Waals surface area contributed by atoms with Gasteiger partial charge in [0.05, 0.1) is 6.10 Å². The third-order valence-corrected chi connectivity index (χ3v) is 2.49. The van der Waals surface area contributed by atoms with E-state index >= 15 is 0 Å². The van der Waals surface area contributed by atoms with Crippen LogP contribution in [0.1, 0.15) is 13.8 Å². The molecule has 0 rings (SSSR count). The molecule has 8 heavy (non-hydrogen) atoms. The number of thioether (sulfide) groups is 1. The zero-order valence-electron chi connectivity index (χ0n) is 5.10. The summed E-state index contributed by atoms with van der Waals surface area (Å²) in [6.45, 7) is 3.71. The summed E-state index contributed by atoms with van der Waals surface area (Å²) in [5, 5.41) is 8.80. The van der Waals surface area contributed by atoms with E-state index in [1.165, 1.54) is 0 Å². The molecule has 0 radical (unpaired) electrons. The van der Waals surface area contributed by atoms with Gasteiger partial charge in [0.25, 0.3) is 0 Å². The molecule has 3 heteroatoms. The molecule has 1 nitrogen and oxygen atoms in total. The first-order valence-corrected chi connectivity index (χ1v) is 4.10. The number of alkyl halides is 1. The van der Waals surface area contributed by atoms with Crippen LogP contribution in [0.2, 0.25) is 0 Å². The molecule has 0 aliphatic heterocycles. The second-order valence-corrected chi connectivity index (χ2v) is 3.69. The second kappa shape index (κ2) is 4.48. The smallest absolute Gasteiger partial charge is 0.104 e. The van der Waals surface area contributed by atoms with E-state index < -0.39 is 6.10 Å². The van der Waals surface area contributed by atoms with Crippen LogP contribution in [0.4, 0.5) is 0 Å². The summed E-state index contributed by atoms with van der Waals surface area (Å²) in [5.41, 5.74) is 0. The Hall–Kier alpha value is 0.600. The van der Waals surface area contributed by atoms with Gasteiger partial charge >= 0.3 is 0 Å². The Morgan fingerprint density at radius 1 is 1.75 bits per heavy atom. The average molecular weight is 155 g/mol. The number of aliphatic hydroxyl groups excluding tert-OH is 1. The van der Waals surface area contributed by atoms with E-state index in [9.17, 15) is 0 Å². The molecule has 0 amide bonds. The van der Waals surface area contributed by atoms with Gasteiger partial charge in [0.1, 0.15) is 4.71 Å². The average Bonchev–Trinajstić information content (AvgIpc) is 1.67. The minimum atomic E-state index is -0.401. The van der Waals surface area contributed by atoms with Crippen molar-refractivity contribution in [2.75, 3.05) is 5.75 Å². The van der Waals surface area contributed by atoms with Crippen LogP contribution in [0.5, 0.6) is 0 Å². The molecule has 2 unspecified atom stereocenters. The van der Waals surface area contributed by atoms with Crippen LogP contribution >= 0.6 is 23.4 Å². The van der Waals surface area contributed by atoms with Crippen molar-refractivity contribution in [2.24, 2.45) is 0 Å². The van der Waals surface area contributed by atoms with Gasteiger partial charge in [-0.2, -0.15) is 0 Å². The largest absolute Gasteiger partial charge is 0.391 e. The van der Waals surface area contributed by atoms with Crippen LogP contribution < -0.4 is 0 Å². The number of halogens is 1. The van der Waals surface area contributed by atoms with Crippen molar-refractivity contribution in [3.05, 3.63) is 0 Å². The van der Waals surface area contributed by atoms with Crippen molar-refractivity contribution in [3.8, 4) is 0 Å². The van der Waals surface area contributed by atoms with Gasteiger partial charge < -0.3 is 5.11 Å². The fourth-order valence-electron chi connectivity index (χ4n) is 0.298. The van der Waals surface area contributed by atoms with Gasteiger partial charge in [-0.25, -0.2) is 0 Å². The minimum absolute atomic E-state index is 0.139. The van der Waals surface area contributed by atoms with E-state index in [-0.39, 0.29) is 4.71 Å². The van der Waals surface area contributed by atoms with Crippen LogP contribution in [0, 0.1) is 0 Å². The lowest BCUT2D eigenvalue weighted by atomic mass is 10.5. The molecule has 0 bridgehead atoms. The predicted molar refractivity (Wildman–Crippen MR) is 39.5 cm³/mol. The van der Waals surface area contributed by atoms with Crippen molar-refractivity contribution >= 4 is 23.4 Å². The molecule has 0 aliphatic rings. The number of hydrogen-bond donors (Lipinski definition) is 1. The maximum absolute atomic E-state index is 8.80. The van der Waals surface area contributed by atoms with Crippen LogP contribution in [0.15, 0.2) is 0 Å². The van der Waals surface area contributed by atoms with E-state index in [0.717, 1.165) is 5.75 Å². The molecule has 0 aliphatic carbocycles. The van der Waals surface area contributed by atoms with Gasteiger partial charge in [0.15, 0.2) is 0 Å². The Labute approximate surface area is 59.4 Å². The fourth-order valence-corrected chi connectivity index (χ4v) is 1.27. The van der Waals surface area contributed by atoms with Gasteiger partial charge in [-0.15, -0.1) is 23.4 Å². The summed E-state index contributed by atoms with van der Waals surface area (Å²) in [4.78, 5) is 0. The van der Waals surface area contributed by atoms with Crippen LogP contribution in [-0.4, -0.2) is 21.7 Å². The van der Waals surface area contributed by atoms with Crippen LogP contribution in [0.3, 0.4) is 0 Å². The van der Waals surface area contributed by atoms with Crippen molar-refractivity contribution in [2.45, 2.75) is 24.7 Å². The third kappa shape index (κ3) is 3.58. The molecule has 0 spiro atoms. The summed E-state index contributed by atoms with van der Waals surface area (Å²) in [7, 11) is 0. The monoisotopic (exact) mass is 154 g/mol. The molecule has 0 heterocycles. The number of aliphatic hydroxyl groups is 1. The van der Waals surface area contributed by atoms with Gasteiger partial charge in [0, 0.05) is 0 Å². The molecule has 0 saturated heterocycles. The summed E-state index contributed by atoms with van der Waals surface area (Å²) in [5.74, 6) is 0.957. The molecule has 0 saturated carbocycles. The summed E-state index contributed by atoms with van der Waals surface area (Å²) in [6.07, 6.45) is -0.401. The summed E-state index contributed by atoms with van der Waals surface area (Å²) < 4.78 is -0.139. The van der Waals surface area contributed by atoms with E-state index in [1.54, 1.807) is 18.7 Å². The van der Waals surface area contributed by atoms with E-state index in [1.807, 2.05) is 6.92 Å². The van der Waals surface area contributed by atoms with Gasteiger partial charge in [-0.05, 0) is 12.7 Å². The third-order valence-electron chi connectivity index (χ3n) is 0.705. The highest BCUT2D eigenvalue weighted by atomic mass is 35.5. The van der Waals surface area contributed by atoms with Crippen molar-refractivity contribution in [3.63, 3.8) is 0 Å². The lowest BCUT2D eigenvalue weighted by Crippen LogP contribution is -2.12. The van der Waals surface area contributed by atoms with E-state index in [2.05, 4.69) is 0 Å². The topological polar surface area (TPSA) is 20.2 Å². The van der Waals surface area contributed by atoms with Crippen LogP contribution in [-0.2, 0) is 0 Å². The Morgan fingerprint density at radius 3 is 2.38 bits per heavy atom. The normalized spacial score (nSPS) is 18.0. The first-order valence-electron chi connectivity index (χ1n) is 2.62. The van der Waals surface area contributed by atoms with Crippen molar-refractivity contribution in [1.82, 2.24) is 0 Å². The molecule has 0 aromatic rings. The standard InChI is InChI=1S/C5H11ClOS/c1-3-8-5(6)4(2)7/h4-5,7H,3H2,1-2H3. The highest BCUT2D eigenvalue weighted by Crippen LogP contribution is 2.17. The number of rotatable bonds is 3. The zero-order valence-corrected chi connectivity index (χ0v) is 6.67. The van der Waals surface area contributed by atoms with Crippen molar-refractivity contribution in [1.29, 1.82) is 0 Å². The van der Waals surface area contributed by atoms with E-state index in [0.29, 0.717) is 0 Å². The maximum atomic E-state index is 8.80. The first kappa shape index (κ1) is 8.60. The Bertz CT molecular complexity index is 58.4. The minimum Gasteiger partial charge on any atom is -0.391 e. The number of hydrogen-bond acceptors (Lipinski definition) is 2. The molecule has 0 fully saturated rings. The Morgan fingerprint density at radius 2 is 2.25 bits per heavy atom. The highest BCUT2D eigenvalue weighted by molar-refractivity contribution is 8.01. The molecule has 0 aromatic heterocycles.